The van der Waals surface area contributed by atoms with Gasteiger partial charge in [0.25, 0.3) is 0 Å². The van der Waals surface area contributed by atoms with Gasteiger partial charge in [0.15, 0.2) is 6.04 Å². The molecular weight excluding hydrogens is 470 g/mol. The third-order valence-electron chi connectivity index (χ3n) is 5.18. The number of hydrogen-bond acceptors (Lipinski definition) is 7. The lowest BCUT2D eigenvalue weighted by atomic mass is 10.2. The Morgan fingerprint density at radius 3 is 2.14 bits per heavy atom. The van der Waals surface area contributed by atoms with Crippen LogP contribution in [0.2, 0.25) is 0 Å². The number of methoxy groups -OCH3 is 1. The van der Waals surface area contributed by atoms with Crippen molar-refractivity contribution in [3.05, 3.63) is 95.6 Å². The third-order valence-corrected chi connectivity index (χ3v) is 6.64. The Hall–Kier alpha value is -3.69. The average Bonchev–Trinajstić information content (AvgIpc) is 2.86. The third kappa shape index (κ3) is 7.14. The van der Waals surface area contributed by atoms with Crippen molar-refractivity contribution in [3.63, 3.8) is 0 Å². The predicted octanol–water partition coefficient (Wildman–Crippen LogP) is 3.64. The molecule has 184 valence electrons. The standard InChI is InChI=1S/C26H27NO7S/c1-18-9-15-23(16-10-18)35(30,31)27-24(26(29)33-17-20-7-5-4-6-8-20)19(2)34-25(28)21-11-13-22(32-3)14-12-21/h4-16,19,24,27H,17H2,1-3H3/t19-,24-/m0/s1. The summed E-state index contributed by atoms with van der Waals surface area (Å²) >= 11 is 0. The largest absolute Gasteiger partial charge is 0.497 e. The normalized spacial score (nSPS) is 12.9. The van der Waals surface area contributed by atoms with Gasteiger partial charge in [0.05, 0.1) is 17.6 Å². The van der Waals surface area contributed by atoms with Gasteiger partial charge < -0.3 is 14.2 Å². The van der Waals surface area contributed by atoms with E-state index in [1.807, 2.05) is 13.0 Å². The van der Waals surface area contributed by atoms with Crippen molar-refractivity contribution >= 4 is 22.0 Å². The average molecular weight is 498 g/mol. The van der Waals surface area contributed by atoms with Crippen LogP contribution in [0.5, 0.6) is 5.75 Å². The molecule has 0 amide bonds. The summed E-state index contributed by atoms with van der Waals surface area (Å²) in [5.74, 6) is -1.04. The second-order valence-electron chi connectivity index (χ2n) is 7.84. The minimum Gasteiger partial charge on any atom is -0.497 e. The second-order valence-corrected chi connectivity index (χ2v) is 9.56. The van der Waals surface area contributed by atoms with Gasteiger partial charge in [-0.3, -0.25) is 4.79 Å². The molecule has 0 aliphatic heterocycles. The predicted molar refractivity (Wildman–Crippen MR) is 129 cm³/mol. The number of esters is 2. The summed E-state index contributed by atoms with van der Waals surface area (Å²) in [6, 6.07) is 19.8. The molecule has 0 saturated heterocycles. The van der Waals surface area contributed by atoms with Crippen molar-refractivity contribution < 1.29 is 32.2 Å². The zero-order valence-corrected chi connectivity index (χ0v) is 20.4. The summed E-state index contributed by atoms with van der Waals surface area (Å²) in [4.78, 5) is 25.6. The quantitative estimate of drug-likeness (QED) is 0.426. The van der Waals surface area contributed by atoms with Gasteiger partial charge in [0, 0.05) is 0 Å². The van der Waals surface area contributed by atoms with Gasteiger partial charge in [0.2, 0.25) is 10.0 Å². The number of hydrogen-bond donors (Lipinski definition) is 1. The zero-order valence-electron chi connectivity index (χ0n) is 19.6. The summed E-state index contributed by atoms with van der Waals surface area (Å²) in [6.07, 6.45) is -1.17. The number of nitrogens with one attached hydrogen (secondary N) is 1. The van der Waals surface area contributed by atoms with Crippen LogP contribution in [0.1, 0.15) is 28.4 Å². The van der Waals surface area contributed by atoms with Crippen LogP contribution in [0.15, 0.2) is 83.8 Å². The Morgan fingerprint density at radius 2 is 1.54 bits per heavy atom. The van der Waals surface area contributed by atoms with Crippen molar-refractivity contribution in [3.8, 4) is 5.75 Å². The number of aryl methyl sites for hydroxylation is 1. The topological polar surface area (TPSA) is 108 Å². The molecule has 9 heteroatoms. The molecule has 0 saturated carbocycles. The number of ether oxygens (including phenoxy) is 3. The van der Waals surface area contributed by atoms with E-state index in [0.29, 0.717) is 5.75 Å². The highest BCUT2D eigenvalue weighted by Crippen LogP contribution is 2.16. The number of carbonyl (C=O) groups is 2. The summed E-state index contributed by atoms with van der Waals surface area (Å²) in [6.45, 7) is 3.18. The Labute approximate surface area is 204 Å². The van der Waals surface area contributed by atoms with Crippen LogP contribution in [-0.2, 0) is 30.9 Å². The molecule has 8 nitrogen and oxygen atoms in total. The van der Waals surface area contributed by atoms with Gasteiger partial charge in [0.1, 0.15) is 18.5 Å². The van der Waals surface area contributed by atoms with Gasteiger partial charge >= 0.3 is 11.9 Å². The monoisotopic (exact) mass is 497 g/mol. The van der Waals surface area contributed by atoms with Crippen molar-refractivity contribution in [2.45, 2.75) is 37.5 Å². The fourth-order valence-corrected chi connectivity index (χ4v) is 4.39. The fourth-order valence-electron chi connectivity index (χ4n) is 3.14. The molecule has 2 atom stereocenters. The van der Waals surface area contributed by atoms with Crippen LogP contribution in [0.3, 0.4) is 0 Å². The Bertz CT molecular complexity index is 1240. The zero-order chi connectivity index (χ0) is 25.4. The first-order valence-corrected chi connectivity index (χ1v) is 12.3. The van der Waals surface area contributed by atoms with Crippen LogP contribution in [-0.4, -0.2) is 39.6 Å². The Morgan fingerprint density at radius 1 is 0.914 bits per heavy atom. The molecule has 0 bridgehead atoms. The molecule has 0 spiro atoms. The maximum absolute atomic E-state index is 13.0. The minimum atomic E-state index is -4.12. The Balaban J connectivity index is 1.80. The van der Waals surface area contributed by atoms with Crippen LogP contribution in [0, 0.1) is 6.92 Å². The molecule has 0 unspecified atom stereocenters. The van der Waals surface area contributed by atoms with E-state index in [1.165, 1.54) is 38.3 Å². The van der Waals surface area contributed by atoms with E-state index in [2.05, 4.69) is 4.72 Å². The lowest BCUT2D eigenvalue weighted by Gasteiger charge is -2.24. The summed E-state index contributed by atoms with van der Waals surface area (Å²) in [5, 5.41) is 0. The molecule has 0 fully saturated rings. The van der Waals surface area contributed by atoms with E-state index in [-0.39, 0.29) is 17.1 Å². The first-order chi connectivity index (χ1) is 16.7. The highest BCUT2D eigenvalue weighted by Gasteiger charge is 2.34. The molecule has 0 radical (unpaired) electrons. The van der Waals surface area contributed by atoms with E-state index in [9.17, 15) is 18.0 Å². The summed E-state index contributed by atoms with van der Waals surface area (Å²) < 4.78 is 44.2. The molecule has 3 rings (SSSR count). The molecule has 0 aliphatic rings. The fraction of sp³-hybridized carbons (Fsp3) is 0.231. The lowest BCUT2D eigenvalue weighted by molar-refractivity contribution is -0.149. The highest BCUT2D eigenvalue weighted by molar-refractivity contribution is 7.89. The van der Waals surface area contributed by atoms with Crippen molar-refractivity contribution in [2.75, 3.05) is 7.11 Å². The van der Waals surface area contributed by atoms with Gasteiger partial charge in [-0.2, -0.15) is 4.72 Å². The van der Waals surface area contributed by atoms with Crippen molar-refractivity contribution in [1.29, 1.82) is 0 Å². The van der Waals surface area contributed by atoms with E-state index in [4.69, 9.17) is 14.2 Å². The van der Waals surface area contributed by atoms with Gasteiger partial charge in [-0.15, -0.1) is 0 Å². The van der Waals surface area contributed by atoms with Crippen LogP contribution in [0.4, 0.5) is 0 Å². The summed E-state index contributed by atoms with van der Waals surface area (Å²) in [5.41, 5.74) is 1.82. The molecule has 1 N–H and O–H groups in total. The van der Waals surface area contributed by atoms with Crippen molar-refractivity contribution in [1.82, 2.24) is 4.72 Å². The molecule has 0 aliphatic carbocycles. The summed E-state index contributed by atoms with van der Waals surface area (Å²) in [7, 11) is -2.62. The van der Waals surface area contributed by atoms with Gasteiger partial charge in [-0.05, 0) is 55.8 Å². The smallest absolute Gasteiger partial charge is 0.338 e. The second kappa shape index (κ2) is 11.6. The van der Waals surface area contributed by atoms with Crippen LogP contribution in [0.25, 0.3) is 0 Å². The number of carbonyl (C=O) groups excluding carboxylic acids is 2. The van der Waals surface area contributed by atoms with Gasteiger partial charge in [-0.25, -0.2) is 13.2 Å². The molecule has 3 aromatic rings. The SMILES string of the molecule is COc1ccc(C(=O)O[C@@H](C)[C@H](NS(=O)(=O)c2ccc(C)cc2)C(=O)OCc2ccccc2)cc1. The number of rotatable bonds is 10. The van der Waals surface area contributed by atoms with E-state index in [1.54, 1.807) is 48.5 Å². The first kappa shape index (κ1) is 25.9. The highest BCUT2D eigenvalue weighted by atomic mass is 32.2. The van der Waals surface area contributed by atoms with Crippen LogP contribution < -0.4 is 9.46 Å². The maximum atomic E-state index is 13.0. The molecule has 35 heavy (non-hydrogen) atoms. The van der Waals surface area contributed by atoms with Crippen LogP contribution >= 0.6 is 0 Å². The minimum absolute atomic E-state index is 0.0300. The molecule has 3 aromatic carbocycles. The van der Waals surface area contributed by atoms with E-state index >= 15 is 0 Å². The van der Waals surface area contributed by atoms with E-state index in [0.717, 1.165) is 11.1 Å². The first-order valence-electron chi connectivity index (χ1n) is 10.8. The molecule has 0 aromatic heterocycles. The van der Waals surface area contributed by atoms with Crippen molar-refractivity contribution in [2.24, 2.45) is 0 Å². The number of sulfonamides is 1. The molecular formula is C26H27NO7S. The molecule has 0 heterocycles. The van der Waals surface area contributed by atoms with E-state index < -0.39 is 34.1 Å². The maximum Gasteiger partial charge on any atom is 0.338 e. The van der Waals surface area contributed by atoms with Gasteiger partial charge in [-0.1, -0.05) is 48.0 Å². The Kier molecular flexibility index (Phi) is 8.62. The number of benzene rings is 3. The lowest BCUT2D eigenvalue weighted by Crippen LogP contribution is -2.49.